The molecule has 4 aliphatic carbocycles. The Morgan fingerprint density at radius 3 is 2.06 bits per heavy atom. The molecule has 0 spiro atoms. The summed E-state index contributed by atoms with van der Waals surface area (Å²) in [4.78, 5) is 11.0. The van der Waals surface area contributed by atoms with Crippen LogP contribution in [-0.2, 0) is 4.79 Å². The molecule has 1 unspecified atom stereocenters. The van der Waals surface area contributed by atoms with Gasteiger partial charge in [0.05, 0.1) is 0 Å². The number of hydrogen-bond acceptors (Lipinski definition) is 1. The fraction of sp³-hybridized carbons (Fsp3) is 0.812. The Morgan fingerprint density at radius 1 is 1.22 bits per heavy atom. The van der Waals surface area contributed by atoms with E-state index < -0.39 is 5.97 Å². The highest BCUT2D eigenvalue weighted by Crippen LogP contribution is 2.63. The lowest BCUT2D eigenvalue weighted by Crippen LogP contribution is -2.49. The summed E-state index contributed by atoms with van der Waals surface area (Å²) in [6.07, 6.45) is 9.10. The maximum absolute atomic E-state index is 11.0. The van der Waals surface area contributed by atoms with Crippen molar-refractivity contribution in [3.8, 4) is 0 Å². The van der Waals surface area contributed by atoms with Crippen LogP contribution in [0.15, 0.2) is 12.2 Å². The van der Waals surface area contributed by atoms with Gasteiger partial charge >= 0.3 is 5.97 Å². The second-order valence-corrected chi connectivity index (χ2v) is 7.29. The van der Waals surface area contributed by atoms with Gasteiger partial charge in [-0.2, -0.15) is 0 Å². The predicted molar refractivity (Wildman–Crippen MR) is 71.2 cm³/mol. The van der Waals surface area contributed by atoms with Gasteiger partial charge in [0.15, 0.2) is 0 Å². The summed E-state index contributed by atoms with van der Waals surface area (Å²) in [5.41, 5.74) is 0.853. The van der Waals surface area contributed by atoms with E-state index in [9.17, 15) is 4.79 Å². The van der Waals surface area contributed by atoms with Gasteiger partial charge in [0, 0.05) is 5.57 Å². The Labute approximate surface area is 109 Å². The normalized spacial score (nSPS) is 42.8. The highest BCUT2D eigenvalue weighted by molar-refractivity contribution is 5.85. The van der Waals surface area contributed by atoms with E-state index in [-0.39, 0.29) is 0 Å². The molecular weight excluding hydrogens is 224 g/mol. The van der Waals surface area contributed by atoms with Crippen LogP contribution in [0.1, 0.15) is 51.9 Å². The van der Waals surface area contributed by atoms with E-state index in [0.717, 1.165) is 17.8 Å². The monoisotopic (exact) mass is 248 g/mol. The fourth-order valence-electron chi connectivity index (χ4n) is 5.45. The third-order valence-corrected chi connectivity index (χ3v) is 5.99. The van der Waals surface area contributed by atoms with Crippen molar-refractivity contribution in [1.82, 2.24) is 0 Å². The van der Waals surface area contributed by atoms with E-state index in [2.05, 4.69) is 13.5 Å². The summed E-state index contributed by atoms with van der Waals surface area (Å²) in [5.74, 6) is 2.51. The van der Waals surface area contributed by atoms with E-state index in [1.54, 1.807) is 0 Å². The molecule has 4 bridgehead atoms. The number of carboxylic acids is 1. The summed E-state index contributed by atoms with van der Waals surface area (Å²) in [7, 11) is 0. The molecule has 0 heterocycles. The van der Waals surface area contributed by atoms with Crippen LogP contribution in [0, 0.1) is 29.1 Å². The highest BCUT2D eigenvalue weighted by atomic mass is 16.4. The van der Waals surface area contributed by atoms with Gasteiger partial charge in [-0.3, -0.25) is 0 Å². The van der Waals surface area contributed by atoms with E-state index in [1.165, 1.54) is 38.5 Å². The number of rotatable bonds is 4. The molecule has 2 heteroatoms. The smallest absolute Gasteiger partial charge is 0.330 e. The SMILES string of the molecule is C=C(CC(C)C12CC3CC(CC(C3)C1)C2)C(=O)O. The molecule has 4 fully saturated rings. The quantitative estimate of drug-likeness (QED) is 0.767. The van der Waals surface area contributed by atoms with E-state index >= 15 is 0 Å². The fourth-order valence-corrected chi connectivity index (χ4v) is 5.45. The molecule has 4 aliphatic rings. The van der Waals surface area contributed by atoms with Crippen LogP contribution >= 0.6 is 0 Å². The van der Waals surface area contributed by atoms with Crippen molar-refractivity contribution in [2.75, 3.05) is 0 Å². The van der Waals surface area contributed by atoms with E-state index in [1.807, 2.05) is 0 Å². The van der Waals surface area contributed by atoms with Crippen LogP contribution in [0.5, 0.6) is 0 Å². The first-order chi connectivity index (χ1) is 8.48. The Kier molecular flexibility index (Phi) is 2.80. The van der Waals surface area contributed by atoms with Crippen molar-refractivity contribution in [3.63, 3.8) is 0 Å². The maximum atomic E-state index is 11.0. The van der Waals surface area contributed by atoms with Gasteiger partial charge in [-0.1, -0.05) is 13.5 Å². The molecule has 0 aromatic rings. The van der Waals surface area contributed by atoms with Crippen molar-refractivity contribution in [3.05, 3.63) is 12.2 Å². The molecule has 4 rings (SSSR count). The van der Waals surface area contributed by atoms with E-state index in [4.69, 9.17) is 5.11 Å². The molecule has 0 radical (unpaired) electrons. The van der Waals surface area contributed by atoms with Crippen molar-refractivity contribution >= 4 is 5.97 Å². The third kappa shape index (κ3) is 1.90. The summed E-state index contributed by atoms with van der Waals surface area (Å²) >= 11 is 0. The summed E-state index contributed by atoms with van der Waals surface area (Å²) in [5, 5.41) is 9.01. The topological polar surface area (TPSA) is 37.3 Å². The first-order valence-corrected chi connectivity index (χ1v) is 7.39. The largest absolute Gasteiger partial charge is 0.478 e. The lowest BCUT2D eigenvalue weighted by molar-refractivity contribution is -0.133. The van der Waals surface area contributed by atoms with Crippen LogP contribution in [-0.4, -0.2) is 11.1 Å². The minimum atomic E-state index is -0.813. The lowest BCUT2D eigenvalue weighted by atomic mass is 9.46. The molecule has 0 saturated heterocycles. The van der Waals surface area contributed by atoms with Crippen LogP contribution in [0.2, 0.25) is 0 Å². The standard InChI is InChI=1S/C16H24O2/c1-10(15(17)18)3-11(2)16-7-12-4-13(8-16)6-14(5-12)9-16/h11-14H,1,3-9H2,2H3,(H,17,18). The summed E-state index contributed by atoms with van der Waals surface area (Å²) in [6.45, 7) is 5.99. The van der Waals surface area contributed by atoms with Gasteiger partial charge in [0.2, 0.25) is 0 Å². The molecule has 0 aliphatic heterocycles. The molecule has 0 aromatic carbocycles. The summed E-state index contributed by atoms with van der Waals surface area (Å²) < 4.78 is 0. The number of aliphatic carboxylic acids is 1. The first-order valence-electron chi connectivity index (χ1n) is 7.39. The summed E-state index contributed by atoms with van der Waals surface area (Å²) in [6, 6.07) is 0. The number of hydrogen-bond donors (Lipinski definition) is 1. The number of carboxylic acid groups (broad SMARTS) is 1. The zero-order valence-electron chi connectivity index (χ0n) is 11.3. The Hall–Kier alpha value is -0.790. The molecule has 1 atom stereocenters. The number of carbonyl (C=O) groups is 1. The molecule has 1 N–H and O–H groups in total. The van der Waals surface area contributed by atoms with Gasteiger partial charge in [-0.15, -0.1) is 0 Å². The first kappa shape index (κ1) is 12.3. The lowest BCUT2D eigenvalue weighted by Gasteiger charge is -2.59. The molecule has 4 saturated carbocycles. The predicted octanol–water partition coefficient (Wildman–Crippen LogP) is 3.87. The van der Waals surface area contributed by atoms with Gasteiger partial charge in [0.1, 0.15) is 0 Å². The van der Waals surface area contributed by atoms with Crippen LogP contribution in [0.25, 0.3) is 0 Å². The van der Waals surface area contributed by atoms with Crippen LogP contribution < -0.4 is 0 Å². The molecule has 2 nitrogen and oxygen atoms in total. The van der Waals surface area contributed by atoms with Gasteiger partial charge in [-0.05, 0) is 74.0 Å². The van der Waals surface area contributed by atoms with Gasteiger partial charge in [0.25, 0.3) is 0 Å². The second-order valence-electron chi connectivity index (χ2n) is 7.29. The highest BCUT2D eigenvalue weighted by Gasteiger charge is 2.52. The zero-order valence-corrected chi connectivity index (χ0v) is 11.3. The Balaban J connectivity index is 1.74. The van der Waals surface area contributed by atoms with Crippen LogP contribution in [0.3, 0.4) is 0 Å². The molecule has 18 heavy (non-hydrogen) atoms. The van der Waals surface area contributed by atoms with Crippen molar-refractivity contribution < 1.29 is 9.90 Å². The average molecular weight is 248 g/mol. The van der Waals surface area contributed by atoms with Gasteiger partial charge < -0.3 is 5.11 Å². The van der Waals surface area contributed by atoms with Crippen molar-refractivity contribution in [1.29, 1.82) is 0 Å². The van der Waals surface area contributed by atoms with Crippen molar-refractivity contribution in [2.24, 2.45) is 29.1 Å². The van der Waals surface area contributed by atoms with Gasteiger partial charge in [-0.25, -0.2) is 4.79 Å². The minimum Gasteiger partial charge on any atom is -0.478 e. The van der Waals surface area contributed by atoms with E-state index in [0.29, 0.717) is 23.3 Å². The average Bonchev–Trinajstić information content (AvgIpc) is 2.26. The molecule has 100 valence electrons. The molecule has 0 amide bonds. The van der Waals surface area contributed by atoms with Crippen molar-refractivity contribution in [2.45, 2.75) is 51.9 Å². The molecule has 0 aromatic heterocycles. The third-order valence-electron chi connectivity index (χ3n) is 5.99. The zero-order chi connectivity index (χ0) is 12.9. The minimum absolute atomic E-state index is 0.401. The Morgan fingerprint density at radius 2 is 1.67 bits per heavy atom. The molecular formula is C16H24O2. The maximum Gasteiger partial charge on any atom is 0.330 e. The second kappa shape index (κ2) is 4.11. The Bertz CT molecular complexity index is 347. The van der Waals surface area contributed by atoms with Crippen LogP contribution in [0.4, 0.5) is 0 Å².